The summed E-state index contributed by atoms with van der Waals surface area (Å²) in [6.45, 7) is 10.3. The van der Waals surface area contributed by atoms with Crippen molar-refractivity contribution < 1.29 is 66.5 Å². The molecule has 1 rings (SSSR count). The molecule has 1 aromatic rings. The second-order valence-electron chi connectivity index (χ2n) is 14.3. The van der Waals surface area contributed by atoms with Crippen LogP contribution in [0.25, 0.3) is 0 Å². The van der Waals surface area contributed by atoms with Gasteiger partial charge in [-0.05, 0) is 6.42 Å². The first-order valence-corrected chi connectivity index (χ1v) is 22.8. The van der Waals surface area contributed by atoms with Gasteiger partial charge in [-0.1, -0.05) is 127 Å². The lowest BCUT2D eigenvalue weighted by atomic mass is 10.0. The molecule has 0 spiro atoms. The van der Waals surface area contributed by atoms with Crippen LogP contribution in [0, 0.1) is 0 Å². The lowest BCUT2D eigenvalue weighted by molar-refractivity contribution is -0.145. The molecule has 0 aliphatic rings. The first-order chi connectivity index (χ1) is 29.6. The van der Waals surface area contributed by atoms with Crippen molar-refractivity contribution in [2.24, 2.45) is 0 Å². The standard InChI is InChI=1S/C46H80O14/c1-2-3-4-5-6-7-8-9-10-11-12-13-14-15-19-22-44(47)59-41-39-57-37-35-55-33-31-53-29-27-51-25-23-50-24-26-52-28-30-54-32-34-56-36-38-58-40-42-60-46(49)45(48)43-20-17-16-18-21-43/h16-18,20-21H,2-15,19,22-42H2,1H3. The predicted octanol–water partition coefficient (Wildman–Crippen LogP) is 7.37. The van der Waals surface area contributed by atoms with Crippen molar-refractivity contribution in [2.75, 3.05) is 132 Å². The normalized spacial score (nSPS) is 11.3. The first-order valence-electron chi connectivity index (χ1n) is 22.8. The van der Waals surface area contributed by atoms with Gasteiger partial charge in [-0.15, -0.1) is 0 Å². The van der Waals surface area contributed by atoms with Crippen LogP contribution in [0.4, 0.5) is 0 Å². The minimum atomic E-state index is -0.899. The molecule has 0 radical (unpaired) electrons. The van der Waals surface area contributed by atoms with Crippen molar-refractivity contribution in [1.82, 2.24) is 0 Å². The summed E-state index contributed by atoms with van der Waals surface area (Å²) in [6.07, 6.45) is 20.1. The number of hydrogen-bond donors (Lipinski definition) is 0. The Kier molecular flexibility index (Phi) is 42.5. The fraction of sp³-hybridized carbons (Fsp3) is 0.804. The van der Waals surface area contributed by atoms with Crippen LogP contribution in [0.5, 0.6) is 0 Å². The van der Waals surface area contributed by atoms with E-state index in [0.717, 1.165) is 12.8 Å². The van der Waals surface area contributed by atoms with E-state index >= 15 is 0 Å². The van der Waals surface area contributed by atoms with Crippen molar-refractivity contribution in [3.8, 4) is 0 Å². The third kappa shape index (κ3) is 39.6. The fourth-order valence-electron chi connectivity index (χ4n) is 5.75. The number of rotatable bonds is 48. The third-order valence-electron chi connectivity index (χ3n) is 9.13. The average Bonchev–Trinajstić information content (AvgIpc) is 3.26. The number of ether oxygens (including phenoxy) is 11. The number of carbonyl (C=O) groups is 3. The maximum atomic E-state index is 11.9. The summed E-state index contributed by atoms with van der Waals surface area (Å²) < 4.78 is 59.4. The Balaban J connectivity index is 1.66. The van der Waals surface area contributed by atoms with E-state index in [2.05, 4.69) is 6.92 Å². The summed E-state index contributed by atoms with van der Waals surface area (Å²) in [7, 11) is 0. The van der Waals surface area contributed by atoms with Crippen LogP contribution in [0.15, 0.2) is 30.3 Å². The average molecular weight is 857 g/mol. The van der Waals surface area contributed by atoms with E-state index in [4.69, 9.17) is 52.1 Å². The van der Waals surface area contributed by atoms with Crippen molar-refractivity contribution in [3.05, 3.63) is 35.9 Å². The molecule has 0 aliphatic carbocycles. The molecule has 14 nitrogen and oxygen atoms in total. The van der Waals surface area contributed by atoms with Crippen LogP contribution in [0.3, 0.4) is 0 Å². The van der Waals surface area contributed by atoms with Gasteiger partial charge in [0.25, 0.3) is 5.78 Å². The van der Waals surface area contributed by atoms with E-state index in [-0.39, 0.29) is 25.8 Å². The predicted molar refractivity (Wildman–Crippen MR) is 230 cm³/mol. The van der Waals surface area contributed by atoms with Gasteiger partial charge in [0, 0.05) is 12.0 Å². The number of benzene rings is 1. The van der Waals surface area contributed by atoms with Crippen molar-refractivity contribution in [1.29, 1.82) is 0 Å². The minimum Gasteiger partial charge on any atom is -0.463 e. The molecule has 0 aliphatic heterocycles. The zero-order chi connectivity index (χ0) is 43.1. The number of unbranched alkanes of at least 4 members (excludes halogenated alkanes) is 14. The molecule has 0 fully saturated rings. The van der Waals surface area contributed by atoms with Gasteiger partial charge in [-0.25, -0.2) is 4.79 Å². The Morgan fingerprint density at radius 2 is 0.633 bits per heavy atom. The monoisotopic (exact) mass is 857 g/mol. The zero-order valence-electron chi connectivity index (χ0n) is 37.1. The van der Waals surface area contributed by atoms with Gasteiger partial charge in [0.05, 0.1) is 119 Å². The molecule has 0 atom stereocenters. The number of Topliss-reactive ketones (excluding diaryl/α,β-unsaturated/α-hetero) is 1. The molecule has 14 heteroatoms. The molecular formula is C46H80O14. The Morgan fingerprint density at radius 3 is 0.967 bits per heavy atom. The van der Waals surface area contributed by atoms with Gasteiger partial charge in [0.1, 0.15) is 13.2 Å². The van der Waals surface area contributed by atoms with E-state index in [1.165, 1.54) is 83.5 Å². The second kappa shape index (κ2) is 46.0. The quantitative estimate of drug-likeness (QED) is 0.0278. The molecule has 1 aromatic carbocycles. The van der Waals surface area contributed by atoms with Gasteiger partial charge in [-0.2, -0.15) is 0 Å². The molecule has 0 N–H and O–H groups in total. The van der Waals surface area contributed by atoms with Gasteiger partial charge >= 0.3 is 11.9 Å². The van der Waals surface area contributed by atoms with Crippen LogP contribution in [0.1, 0.15) is 120 Å². The van der Waals surface area contributed by atoms with Crippen LogP contribution in [-0.2, 0) is 61.7 Å². The highest BCUT2D eigenvalue weighted by molar-refractivity contribution is 6.40. The maximum Gasteiger partial charge on any atom is 0.379 e. The second-order valence-corrected chi connectivity index (χ2v) is 14.3. The van der Waals surface area contributed by atoms with Crippen LogP contribution < -0.4 is 0 Å². The van der Waals surface area contributed by atoms with E-state index in [1.54, 1.807) is 30.3 Å². The van der Waals surface area contributed by atoms with Crippen molar-refractivity contribution in [3.63, 3.8) is 0 Å². The molecule has 0 heterocycles. The van der Waals surface area contributed by atoms with E-state index in [0.29, 0.717) is 124 Å². The molecule has 0 amide bonds. The lowest BCUT2D eigenvalue weighted by Gasteiger charge is -2.09. The maximum absolute atomic E-state index is 11.9. The summed E-state index contributed by atoms with van der Waals surface area (Å²) in [5.74, 6) is -1.71. The summed E-state index contributed by atoms with van der Waals surface area (Å²) in [4.78, 5) is 35.6. The number of hydrogen-bond acceptors (Lipinski definition) is 14. The summed E-state index contributed by atoms with van der Waals surface area (Å²) in [5.41, 5.74) is 0.294. The highest BCUT2D eigenvalue weighted by Gasteiger charge is 2.17. The smallest absolute Gasteiger partial charge is 0.379 e. The number of ketones is 1. The lowest BCUT2D eigenvalue weighted by Crippen LogP contribution is -2.20. The highest BCUT2D eigenvalue weighted by atomic mass is 16.6. The fourth-order valence-corrected chi connectivity index (χ4v) is 5.75. The highest BCUT2D eigenvalue weighted by Crippen LogP contribution is 2.14. The SMILES string of the molecule is CCCCCCCCCCCCCCCCCC(=O)OCCOCCOCCOCCOCCOCCOCCOCCOCCOCCOC(=O)C(=O)c1ccccc1. The van der Waals surface area contributed by atoms with E-state index < -0.39 is 11.8 Å². The summed E-state index contributed by atoms with van der Waals surface area (Å²) in [6, 6.07) is 8.26. The minimum absolute atomic E-state index is 0.00550. The molecule has 60 heavy (non-hydrogen) atoms. The van der Waals surface area contributed by atoms with Gasteiger partial charge in [-0.3, -0.25) is 9.59 Å². The Hall–Kier alpha value is -2.53. The van der Waals surface area contributed by atoms with Crippen LogP contribution >= 0.6 is 0 Å². The topological polar surface area (TPSA) is 153 Å². The van der Waals surface area contributed by atoms with Crippen LogP contribution in [-0.4, -0.2) is 150 Å². The molecule has 0 saturated carbocycles. The van der Waals surface area contributed by atoms with Crippen molar-refractivity contribution >= 4 is 17.7 Å². The number of carbonyl (C=O) groups excluding carboxylic acids is 3. The molecule has 0 aromatic heterocycles. The summed E-state index contributed by atoms with van der Waals surface area (Å²) >= 11 is 0. The molecule has 0 bridgehead atoms. The Morgan fingerprint density at radius 1 is 0.350 bits per heavy atom. The first kappa shape index (κ1) is 55.5. The summed E-state index contributed by atoms with van der Waals surface area (Å²) in [5, 5.41) is 0. The van der Waals surface area contributed by atoms with Crippen molar-refractivity contribution in [2.45, 2.75) is 110 Å². The Bertz CT molecular complexity index is 1080. The molecule has 0 unspecified atom stereocenters. The molecule has 348 valence electrons. The molecule has 0 saturated heterocycles. The van der Waals surface area contributed by atoms with Crippen LogP contribution in [0.2, 0.25) is 0 Å². The largest absolute Gasteiger partial charge is 0.463 e. The van der Waals surface area contributed by atoms with E-state index in [9.17, 15) is 14.4 Å². The molecular weight excluding hydrogens is 776 g/mol. The number of esters is 2. The van der Waals surface area contributed by atoms with Gasteiger partial charge in [0.15, 0.2) is 0 Å². The third-order valence-corrected chi connectivity index (χ3v) is 9.13. The van der Waals surface area contributed by atoms with Gasteiger partial charge in [0.2, 0.25) is 0 Å². The van der Waals surface area contributed by atoms with E-state index in [1.807, 2.05) is 0 Å². The van der Waals surface area contributed by atoms with Gasteiger partial charge < -0.3 is 52.1 Å². The Labute approximate surface area is 361 Å². The zero-order valence-corrected chi connectivity index (χ0v) is 37.1.